The minimum Gasteiger partial charge on any atom is -0.374 e. The summed E-state index contributed by atoms with van der Waals surface area (Å²) >= 11 is 0. The first kappa shape index (κ1) is 45.5. The zero-order valence-electron chi connectivity index (χ0n) is 36.2. The molecule has 0 bridgehead atoms. The van der Waals surface area contributed by atoms with E-state index >= 15 is 0 Å². The van der Waals surface area contributed by atoms with Crippen LogP contribution in [0.25, 0.3) is 0 Å². The topological polar surface area (TPSA) is 103 Å². The summed E-state index contributed by atoms with van der Waals surface area (Å²) in [4.78, 5) is 0. The van der Waals surface area contributed by atoms with Crippen LogP contribution in [-0.2, 0) is 82.3 Å². The number of aliphatic hydroxyl groups excluding tert-OH is 1. The summed E-state index contributed by atoms with van der Waals surface area (Å²) < 4.78 is 60.8. The van der Waals surface area contributed by atoms with Gasteiger partial charge in [-0.15, -0.1) is 0 Å². The Morgan fingerprint density at radius 2 is 0.703 bits per heavy atom. The number of ether oxygens (including phenoxy) is 9. The van der Waals surface area contributed by atoms with Crippen molar-refractivity contribution in [2.45, 2.75) is 108 Å². The molecule has 8 rings (SSSR count). The summed E-state index contributed by atoms with van der Waals surface area (Å²) in [5, 5.41) is 11.8. The second-order valence-corrected chi connectivity index (χ2v) is 16.2. The third kappa shape index (κ3) is 12.8. The highest BCUT2D eigenvalue weighted by atomic mass is 16.7. The molecule has 64 heavy (non-hydrogen) atoms. The molecule has 6 aromatic rings. The van der Waals surface area contributed by atoms with Crippen molar-refractivity contribution in [3.8, 4) is 0 Å². The lowest BCUT2D eigenvalue weighted by molar-refractivity contribution is -0.370. The lowest BCUT2D eigenvalue weighted by Crippen LogP contribution is -2.65. The van der Waals surface area contributed by atoms with E-state index in [4.69, 9.17) is 42.6 Å². The van der Waals surface area contributed by atoms with Crippen molar-refractivity contribution < 1.29 is 47.7 Å². The molecule has 0 aromatic heterocycles. The van der Waals surface area contributed by atoms with E-state index in [9.17, 15) is 5.11 Å². The molecular formula is C54H58O10. The van der Waals surface area contributed by atoms with Crippen LogP contribution >= 0.6 is 0 Å². The van der Waals surface area contributed by atoms with Crippen molar-refractivity contribution in [2.75, 3.05) is 6.61 Å². The Hall–Kier alpha value is -5.08. The largest absolute Gasteiger partial charge is 0.374 e. The lowest BCUT2D eigenvalue weighted by atomic mass is 9.96. The number of hydrogen-bond acceptors (Lipinski definition) is 10. The zero-order chi connectivity index (χ0) is 43.8. The molecule has 1 N–H and O–H groups in total. The lowest BCUT2D eigenvalue weighted by Gasteiger charge is -2.49. The molecular weight excluding hydrogens is 809 g/mol. The molecule has 0 unspecified atom stereocenters. The van der Waals surface area contributed by atoms with Crippen LogP contribution in [0.3, 0.4) is 0 Å². The van der Waals surface area contributed by atoms with Gasteiger partial charge in [-0.3, -0.25) is 0 Å². The van der Waals surface area contributed by atoms with Crippen LogP contribution in [0.4, 0.5) is 0 Å². The minimum atomic E-state index is -1.37. The molecule has 0 amide bonds. The molecule has 0 spiro atoms. The van der Waals surface area contributed by atoms with Gasteiger partial charge in [-0.2, -0.15) is 0 Å². The molecule has 0 saturated carbocycles. The molecule has 2 aliphatic heterocycles. The number of aliphatic hydroxyl groups is 1. The maximum Gasteiger partial charge on any atom is 0.187 e. The zero-order valence-corrected chi connectivity index (χ0v) is 36.2. The molecule has 2 heterocycles. The van der Waals surface area contributed by atoms with E-state index in [0.717, 1.165) is 33.4 Å². The second-order valence-electron chi connectivity index (χ2n) is 16.2. The normalized spacial score (nSPS) is 25.8. The first-order valence-electron chi connectivity index (χ1n) is 22.1. The van der Waals surface area contributed by atoms with Gasteiger partial charge in [0.25, 0.3) is 0 Å². The van der Waals surface area contributed by atoms with Crippen LogP contribution in [0.5, 0.6) is 0 Å². The van der Waals surface area contributed by atoms with Crippen molar-refractivity contribution in [1.82, 2.24) is 0 Å². The maximum absolute atomic E-state index is 11.8. The standard InChI is InChI=1S/C54H58O10/c1-39-47(57-33-41-22-10-3-11-23-41)49(58-34-42-24-12-4-13-25-42)52(61-37-45-30-18-7-19-31-45)54(62-39)64-48-46(38-56-32-40-20-8-2-9-21-40)63-53(55)51(60-36-44-28-16-6-17-29-44)50(48)59-35-43-26-14-5-15-27-43/h2-31,39,46-55H,32-38H2,1H3/t39-,46-,47-,48-,49+,50+,51-,52-,53-,54-/m1/s1. The quantitative estimate of drug-likeness (QED) is 0.0755. The number of benzene rings is 6. The molecule has 0 aliphatic carbocycles. The number of hydrogen-bond donors (Lipinski definition) is 1. The van der Waals surface area contributed by atoms with Crippen molar-refractivity contribution in [1.29, 1.82) is 0 Å². The van der Waals surface area contributed by atoms with E-state index in [1.54, 1.807) is 0 Å². The van der Waals surface area contributed by atoms with Gasteiger partial charge in [-0.1, -0.05) is 182 Å². The molecule has 2 saturated heterocycles. The summed E-state index contributed by atoms with van der Waals surface area (Å²) in [5.74, 6) is 0. The van der Waals surface area contributed by atoms with Crippen molar-refractivity contribution in [2.24, 2.45) is 0 Å². The Kier molecular flexibility index (Phi) is 16.9. The van der Waals surface area contributed by atoms with Gasteiger partial charge in [0, 0.05) is 0 Å². The van der Waals surface area contributed by atoms with E-state index < -0.39 is 61.4 Å². The van der Waals surface area contributed by atoms with Crippen LogP contribution in [-0.4, -0.2) is 73.1 Å². The van der Waals surface area contributed by atoms with Crippen molar-refractivity contribution >= 4 is 0 Å². The highest BCUT2D eigenvalue weighted by molar-refractivity contribution is 5.18. The van der Waals surface area contributed by atoms with E-state index in [1.165, 1.54) is 0 Å². The van der Waals surface area contributed by atoms with Gasteiger partial charge in [-0.25, -0.2) is 0 Å². The average Bonchev–Trinajstić information content (AvgIpc) is 3.34. The van der Waals surface area contributed by atoms with Gasteiger partial charge in [0.1, 0.15) is 42.7 Å². The van der Waals surface area contributed by atoms with E-state index in [-0.39, 0.29) is 26.4 Å². The monoisotopic (exact) mass is 866 g/mol. The van der Waals surface area contributed by atoms with Gasteiger partial charge in [0.2, 0.25) is 0 Å². The predicted octanol–water partition coefficient (Wildman–Crippen LogP) is 8.98. The molecule has 10 heteroatoms. The fourth-order valence-electron chi connectivity index (χ4n) is 8.09. The molecule has 6 aromatic carbocycles. The third-order valence-electron chi connectivity index (χ3n) is 11.4. The Morgan fingerprint density at radius 3 is 1.11 bits per heavy atom. The molecule has 2 aliphatic rings. The van der Waals surface area contributed by atoms with Crippen LogP contribution in [0.2, 0.25) is 0 Å². The SMILES string of the molecule is C[C@H]1O[C@H](O[C@H]2[C@H](OCc3ccccc3)[C@@H](OCc3ccccc3)[C@H](O)O[C@@H]2COCc2ccccc2)[C@H](OCc2ccccc2)[C@@H](OCc2ccccc2)[C@@H]1OCc1ccccc1. The molecule has 10 atom stereocenters. The molecule has 334 valence electrons. The van der Waals surface area contributed by atoms with Gasteiger partial charge in [0.05, 0.1) is 52.4 Å². The summed E-state index contributed by atoms with van der Waals surface area (Å²) in [6, 6.07) is 59.7. The van der Waals surface area contributed by atoms with Crippen molar-refractivity contribution in [3.05, 3.63) is 215 Å². The maximum atomic E-state index is 11.8. The Labute approximate surface area is 376 Å². The summed E-state index contributed by atoms with van der Waals surface area (Å²) in [6.45, 7) is 3.67. The van der Waals surface area contributed by atoms with Crippen LogP contribution in [0.15, 0.2) is 182 Å². The predicted molar refractivity (Wildman–Crippen MR) is 241 cm³/mol. The van der Waals surface area contributed by atoms with Gasteiger partial charge < -0.3 is 47.7 Å². The minimum absolute atomic E-state index is 0.0712. The van der Waals surface area contributed by atoms with Crippen LogP contribution in [0.1, 0.15) is 40.3 Å². The molecule has 2 fully saturated rings. The summed E-state index contributed by atoms with van der Waals surface area (Å²) in [6.07, 6.45) is -8.44. The van der Waals surface area contributed by atoms with E-state index in [1.807, 2.05) is 189 Å². The summed E-state index contributed by atoms with van der Waals surface area (Å²) in [7, 11) is 0. The molecule has 0 radical (unpaired) electrons. The van der Waals surface area contributed by atoms with E-state index in [0.29, 0.717) is 19.8 Å². The first-order chi connectivity index (χ1) is 31.6. The van der Waals surface area contributed by atoms with Crippen molar-refractivity contribution in [3.63, 3.8) is 0 Å². The highest BCUT2D eigenvalue weighted by Crippen LogP contribution is 2.36. The van der Waals surface area contributed by atoms with Crippen LogP contribution in [0, 0.1) is 0 Å². The van der Waals surface area contributed by atoms with Gasteiger partial charge in [0.15, 0.2) is 12.6 Å². The van der Waals surface area contributed by atoms with E-state index in [2.05, 4.69) is 0 Å². The number of rotatable bonds is 21. The fraction of sp³-hybridized carbons (Fsp3) is 0.333. The Balaban J connectivity index is 1.14. The van der Waals surface area contributed by atoms with Gasteiger partial charge >= 0.3 is 0 Å². The van der Waals surface area contributed by atoms with Crippen LogP contribution < -0.4 is 0 Å². The highest BCUT2D eigenvalue weighted by Gasteiger charge is 2.53. The average molecular weight is 867 g/mol. The first-order valence-corrected chi connectivity index (χ1v) is 22.1. The Morgan fingerprint density at radius 1 is 0.375 bits per heavy atom. The smallest absolute Gasteiger partial charge is 0.187 e. The third-order valence-corrected chi connectivity index (χ3v) is 11.4. The second kappa shape index (κ2) is 23.7. The fourth-order valence-corrected chi connectivity index (χ4v) is 8.09. The van der Waals surface area contributed by atoms with Gasteiger partial charge in [-0.05, 0) is 40.3 Å². The Bertz CT molecular complexity index is 2190. The molecule has 10 nitrogen and oxygen atoms in total. The summed E-state index contributed by atoms with van der Waals surface area (Å²) in [5.41, 5.74) is 5.87.